The van der Waals surface area contributed by atoms with Crippen LogP contribution in [-0.4, -0.2) is 35.5 Å². The lowest BCUT2D eigenvalue weighted by Crippen LogP contribution is -2.31. The van der Waals surface area contributed by atoms with E-state index < -0.39 is 5.82 Å². The van der Waals surface area contributed by atoms with Crippen LogP contribution in [0.15, 0.2) is 12.3 Å². The Kier molecular flexibility index (Phi) is 3.59. The van der Waals surface area contributed by atoms with Crippen LogP contribution >= 0.6 is 11.6 Å². The van der Waals surface area contributed by atoms with Crippen LogP contribution in [0.5, 0.6) is 0 Å². The van der Waals surface area contributed by atoms with E-state index in [1.807, 2.05) is 11.9 Å². The average Bonchev–Trinajstić information content (AvgIpc) is 2.70. The zero-order valence-corrected chi connectivity index (χ0v) is 10.1. The largest absolute Gasteiger partial charge is 0.464 e. The maximum absolute atomic E-state index is 13.2. The van der Waals surface area contributed by atoms with Crippen LogP contribution in [0, 0.1) is 5.82 Å². The van der Waals surface area contributed by atoms with E-state index >= 15 is 0 Å². The van der Waals surface area contributed by atoms with E-state index in [4.69, 9.17) is 16.3 Å². The molecule has 1 saturated heterocycles. The number of halogens is 2. The molecule has 2 rings (SSSR count). The van der Waals surface area contributed by atoms with E-state index in [1.54, 1.807) is 0 Å². The van der Waals surface area contributed by atoms with Gasteiger partial charge in [0.15, 0.2) is 11.0 Å². The molecule has 0 aromatic carbocycles. The number of cyclic esters (lactones) is 1. The summed E-state index contributed by atoms with van der Waals surface area (Å²) in [6.45, 7) is 0.890. The van der Waals surface area contributed by atoms with Gasteiger partial charge in [0.05, 0.1) is 12.5 Å². The predicted octanol–water partition coefficient (Wildman–Crippen LogP) is 1.62. The van der Waals surface area contributed by atoms with Gasteiger partial charge < -0.3 is 4.74 Å². The number of carbonyl (C=O) groups is 1. The number of ether oxygens (including phenoxy) is 1. The number of nitrogens with zero attached hydrogens (tertiary/aromatic N) is 2. The van der Waals surface area contributed by atoms with Crippen molar-refractivity contribution >= 4 is 17.6 Å². The third-order valence-electron chi connectivity index (χ3n) is 2.75. The van der Waals surface area contributed by atoms with E-state index in [2.05, 4.69) is 4.98 Å². The summed E-state index contributed by atoms with van der Waals surface area (Å²) in [6.07, 6.45) is 1.90. The fourth-order valence-electron chi connectivity index (χ4n) is 1.75. The summed E-state index contributed by atoms with van der Waals surface area (Å²) in [5.74, 6) is -0.724. The second kappa shape index (κ2) is 4.98. The number of rotatable bonds is 3. The van der Waals surface area contributed by atoms with Gasteiger partial charge in [0.25, 0.3) is 0 Å². The van der Waals surface area contributed by atoms with Crippen molar-refractivity contribution in [3.05, 3.63) is 28.8 Å². The van der Waals surface area contributed by atoms with Crippen molar-refractivity contribution in [3.63, 3.8) is 0 Å². The molecule has 1 aliphatic heterocycles. The minimum Gasteiger partial charge on any atom is -0.464 e. The van der Waals surface area contributed by atoms with E-state index in [1.165, 1.54) is 12.3 Å². The number of carbonyl (C=O) groups excluding carboxylic acids is 1. The van der Waals surface area contributed by atoms with Crippen molar-refractivity contribution in [2.75, 3.05) is 13.7 Å². The third-order valence-corrected chi connectivity index (χ3v) is 3.03. The molecule has 17 heavy (non-hydrogen) atoms. The molecule has 1 unspecified atom stereocenters. The van der Waals surface area contributed by atoms with E-state index in [0.717, 1.165) is 0 Å². The first kappa shape index (κ1) is 12.3. The van der Waals surface area contributed by atoms with Gasteiger partial charge in [-0.2, -0.15) is 0 Å². The first-order chi connectivity index (χ1) is 8.06. The first-order valence-corrected chi connectivity index (χ1v) is 5.60. The molecule has 1 aromatic rings. The number of hydrogen-bond donors (Lipinski definition) is 0. The van der Waals surface area contributed by atoms with Crippen LogP contribution in [0.2, 0.25) is 5.15 Å². The molecule has 0 radical (unpaired) electrons. The van der Waals surface area contributed by atoms with Crippen molar-refractivity contribution in [1.29, 1.82) is 0 Å². The van der Waals surface area contributed by atoms with Gasteiger partial charge in [-0.25, -0.2) is 9.37 Å². The summed E-state index contributed by atoms with van der Waals surface area (Å²) in [7, 11) is 1.86. The number of pyridine rings is 1. The topological polar surface area (TPSA) is 42.4 Å². The van der Waals surface area contributed by atoms with Gasteiger partial charge in [-0.1, -0.05) is 11.6 Å². The summed E-state index contributed by atoms with van der Waals surface area (Å²) in [6, 6.07) is 1.39. The molecule has 6 heteroatoms. The molecule has 1 atom stereocenters. The summed E-state index contributed by atoms with van der Waals surface area (Å²) in [4.78, 5) is 16.6. The van der Waals surface area contributed by atoms with Gasteiger partial charge in [-0.15, -0.1) is 0 Å². The highest BCUT2D eigenvalue weighted by Crippen LogP contribution is 2.17. The van der Waals surface area contributed by atoms with Crippen molar-refractivity contribution in [1.82, 2.24) is 9.88 Å². The molecule has 92 valence electrons. The maximum Gasteiger partial charge on any atom is 0.307 e. The van der Waals surface area contributed by atoms with Crippen LogP contribution in [0.25, 0.3) is 0 Å². The molecule has 0 amide bonds. The number of hydrogen-bond acceptors (Lipinski definition) is 4. The molecule has 0 bridgehead atoms. The van der Waals surface area contributed by atoms with Gasteiger partial charge in [-0.05, 0) is 18.7 Å². The van der Waals surface area contributed by atoms with Crippen LogP contribution < -0.4 is 0 Å². The maximum atomic E-state index is 13.2. The molecular weight excluding hydrogens is 247 g/mol. The molecule has 0 saturated carbocycles. The van der Waals surface area contributed by atoms with Crippen LogP contribution in [-0.2, 0) is 16.1 Å². The quantitative estimate of drug-likeness (QED) is 0.610. The highest BCUT2D eigenvalue weighted by atomic mass is 35.5. The van der Waals surface area contributed by atoms with Crippen molar-refractivity contribution < 1.29 is 13.9 Å². The highest BCUT2D eigenvalue weighted by molar-refractivity contribution is 6.29. The number of likely N-dealkylation sites (N-methyl/N-ethyl adjacent to an activating group) is 1. The van der Waals surface area contributed by atoms with Crippen LogP contribution in [0.3, 0.4) is 0 Å². The Hall–Kier alpha value is -1.20. The average molecular weight is 259 g/mol. The van der Waals surface area contributed by atoms with Gasteiger partial charge in [0.2, 0.25) is 0 Å². The minimum absolute atomic E-state index is 0.0428. The molecule has 4 nitrogen and oxygen atoms in total. The van der Waals surface area contributed by atoms with Crippen LogP contribution in [0.1, 0.15) is 12.0 Å². The monoisotopic (exact) mass is 258 g/mol. The minimum atomic E-state index is -0.531. The molecular formula is C11H12ClFN2O2. The zero-order chi connectivity index (χ0) is 12.4. The second-order valence-electron chi connectivity index (χ2n) is 4.07. The molecule has 0 aliphatic carbocycles. The van der Waals surface area contributed by atoms with Gasteiger partial charge in [0, 0.05) is 12.7 Å². The Morgan fingerprint density at radius 3 is 3.06 bits per heavy atom. The first-order valence-electron chi connectivity index (χ1n) is 5.22. The zero-order valence-electron chi connectivity index (χ0n) is 9.32. The Morgan fingerprint density at radius 2 is 2.47 bits per heavy atom. The highest BCUT2D eigenvalue weighted by Gasteiger charge is 2.27. The molecule has 0 spiro atoms. The Morgan fingerprint density at radius 1 is 1.71 bits per heavy atom. The summed E-state index contributed by atoms with van der Waals surface area (Å²) >= 11 is 5.50. The van der Waals surface area contributed by atoms with Crippen LogP contribution in [0.4, 0.5) is 4.39 Å². The summed E-state index contributed by atoms with van der Waals surface area (Å²) < 4.78 is 18.1. The summed E-state index contributed by atoms with van der Waals surface area (Å²) in [5.41, 5.74) is 0.716. The fraction of sp³-hybridized carbons (Fsp3) is 0.455. The van der Waals surface area contributed by atoms with Gasteiger partial charge >= 0.3 is 5.97 Å². The standard InChI is InChI=1S/C11H12ClFN2O2/c1-15(8-3-10(16)17-6-8)5-7-2-9(13)11(12)14-4-7/h2,4,8H,3,5-6H2,1H3. The third kappa shape index (κ3) is 2.92. The molecule has 1 fully saturated rings. The smallest absolute Gasteiger partial charge is 0.307 e. The Labute approximate surface area is 103 Å². The molecule has 1 aliphatic rings. The lowest BCUT2D eigenvalue weighted by molar-refractivity contribution is -0.137. The van der Waals surface area contributed by atoms with Crippen molar-refractivity contribution in [2.45, 2.75) is 19.0 Å². The predicted molar refractivity (Wildman–Crippen MR) is 60.0 cm³/mol. The molecule has 1 aromatic heterocycles. The molecule has 2 heterocycles. The normalized spacial score (nSPS) is 19.8. The Balaban J connectivity index is 2.00. The second-order valence-corrected chi connectivity index (χ2v) is 4.43. The summed E-state index contributed by atoms with van der Waals surface area (Å²) in [5, 5.41) is -0.129. The van der Waals surface area contributed by atoms with E-state index in [-0.39, 0.29) is 17.2 Å². The molecule has 0 N–H and O–H groups in total. The number of esters is 1. The lowest BCUT2D eigenvalue weighted by Gasteiger charge is -2.21. The van der Waals surface area contributed by atoms with Crippen molar-refractivity contribution in [2.24, 2.45) is 0 Å². The van der Waals surface area contributed by atoms with E-state index in [0.29, 0.717) is 25.1 Å². The lowest BCUT2D eigenvalue weighted by atomic mass is 10.2. The fourth-order valence-corrected chi connectivity index (χ4v) is 1.85. The van der Waals surface area contributed by atoms with Gasteiger partial charge in [-0.3, -0.25) is 9.69 Å². The van der Waals surface area contributed by atoms with Crippen molar-refractivity contribution in [3.8, 4) is 0 Å². The number of aromatic nitrogens is 1. The van der Waals surface area contributed by atoms with E-state index in [9.17, 15) is 9.18 Å². The van der Waals surface area contributed by atoms with Gasteiger partial charge in [0.1, 0.15) is 6.61 Å². The SMILES string of the molecule is CN(Cc1cnc(Cl)c(F)c1)C1COC(=O)C1. The Bertz CT molecular complexity index is 441.